The maximum atomic E-state index is 12.4. The normalized spacial score (nSPS) is 14.5. The maximum absolute atomic E-state index is 12.4. The lowest BCUT2D eigenvalue weighted by Crippen LogP contribution is -2.50. The molecule has 1 amide bonds. The summed E-state index contributed by atoms with van der Waals surface area (Å²) in [7, 11) is 0. The zero-order valence-electron chi connectivity index (χ0n) is 19.0. The van der Waals surface area contributed by atoms with Crippen LogP contribution in [-0.4, -0.2) is 64.0 Å². The largest absolute Gasteiger partial charge is 0.444 e. The predicted octanol–water partition coefficient (Wildman–Crippen LogP) is 5.70. The average Bonchev–Trinajstić information content (AvgIpc) is 3.24. The highest BCUT2D eigenvalue weighted by molar-refractivity contribution is 7.98. The molecule has 1 saturated heterocycles. The summed E-state index contributed by atoms with van der Waals surface area (Å²) in [4.78, 5) is 31.3. The van der Waals surface area contributed by atoms with E-state index in [4.69, 9.17) is 26.3 Å². The fraction of sp³-hybridized carbons (Fsp3) is 0.391. The van der Waals surface area contributed by atoms with Crippen molar-refractivity contribution in [1.29, 1.82) is 0 Å². The lowest BCUT2D eigenvalue weighted by molar-refractivity contribution is 0.0240. The minimum atomic E-state index is -0.503. The number of benzene rings is 1. The Morgan fingerprint density at radius 1 is 1.15 bits per heavy atom. The minimum absolute atomic E-state index is 0.271. The van der Waals surface area contributed by atoms with Gasteiger partial charge in [0.15, 0.2) is 10.3 Å². The van der Waals surface area contributed by atoms with E-state index in [-0.39, 0.29) is 6.09 Å². The summed E-state index contributed by atoms with van der Waals surface area (Å²) in [5.74, 6) is 0. The molecule has 0 unspecified atom stereocenters. The highest BCUT2D eigenvalue weighted by atomic mass is 35.5. The van der Waals surface area contributed by atoms with Crippen LogP contribution in [0.1, 0.15) is 20.8 Å². The van der Waals surface area contributed by atoms with Crippen LogP contribution in [0.25, 0.3) is 21.8 Å². The van der Waals surface area contributed by atoms with Gasteiger partial charge in [-0.25, -0.2) is 19.7 Å². The third-order valence-corrected chi connectivity index (χ3v) is 6.90. The Labute approximate surface area is 207 Å². The molecule has 0 bridgehead atoms. The molecule has 33 heavy (non-hydrogen) atoms. The fourth-order valence-corrected chi connectivity index (χ4v) is 5.08. The Kier molecular flexibility index (Phi) is 7.11. The number of carbonyl (C=O) groups is 1. The van der Waals surface area contributed by atoms with Crippen molar-refractivity contribution in [3.63, 3.8) is 0 Å². The molecule has 2 aromatic heterocycles. The van der Waals surface area contributed by atoms with Crippen LogP contribution in [0.3, 0.4) is 0 Å². The van der Waals surface area contributed by atoms with E-state index in [0.29, 0.717) is 36.4 Å². The Balaban J connectivity index is 1.62. The number of aromatic nitrogens is 3. The number of ether oxygens (including phenoxy) is 1. The third kappa shape index (κ3) is 5.77. The number of rotatable bonds is 4. The van der Waals surface area contributed by atoms with Crippen molar-refractivity contribution < 1.29 is 9.53 Å². The second-order valence-electron chi connectivity index (χ2n) is 8.57. The maximum Gasteiger partial charge on any atom is 0.410 e. The summed E-state index contributed by atoms with van der Waals surface area (Å²) in [5.41, 5.74) is 2.12. The van der Waals surface area contributed by atoms with E-state index in [0.717, 1.165) is 27.0 Å². The molecule has 0 atom stereocenters. The smallest absolute Gasteiger partial charge is 0.410 e. The molecule has 0 spiro atoms. The molecule has 1 fully saturated rings. The van der Waals surface area contributed by atoms with E-state index in [1.807, 2.05) is 57.4 Å². The van der Waals surface area contributed by atoms with Gasteiger partial charge in [0, 0.05) is 43.0 Å². The van der Waals surface area contributed by atoms with Crippen LogP contribution in [0.5, 0.6) is 0 Å². The lowest BCUT2D eigenvalue weighted by Gasteiger charge is -2.35. The standard InChI is InChI=1S/C23H26ClN5O2S2/c1-23(2,3)31-22(30)29-12-10-28(11-13-29)21-27-18(15-6-5-7-16(24)14-15)19(33-21)17-8-9-25-20(26-17)32-4/h5-9,14H,10-13H2,1-4H3. The molecule has 1 aliphatic rings. The zero-order valence-corrected chi connectivity index (χ0v) is 21.4. The molecule has 1 aliphatic heterocycles. The Bertz CT molecular complexity index is 1140. The van der Waals surface area contributed by atoms with E-state index >= 15 is 0 Å². The summed E-state index contributed by atoms with van der Waals surface area (Å²) < 4.78 is 5.52. The number of thioether (sulfide) groups is 1. The van der Waals surface area contributed by atoms with Crippen LogP contribution < -0.4 is 4.90 Å². The van der Waals surface area contributed by atoms with Gasteiger partial charge in [0.05, 0.1) is 16.3 Å². The van der Waals surface area contributed by atoms with Crippen LogP contribution in [-0.2, 0) is 4.74 Å². The van der Waals surface area contributed by atoms with Crippen LogP contribution in [0, 0.1) is 0 Å². The highest BCUT2D eigenvalue weighted by Crippen LogP contribution is 2.40. The molecule has 4 rings (SSSR count). The number of thiazole rings is 1. The van der Waals surface area contributed by atoms with Crippen LogP contribution in [0.15, 0.2) is 41.7 Å². The molecule has 0 radical (unpaired) electrons. The number of piperazine rings is 1. The van der Waals surface area contributed by atoms with E-state index in [9.17, 15) is 4.79 Å². The van der Waals surface area contributed by atoms with Crippen molar-refractivity contribution in [2.75, 3.05) is 37.3 Å². The van der Waals surface area contributed by atoms with Gasteiger partial charge in [0.2, 0.25) is 0 Å². The zero-order chi connectivity index (χ0) is 23.6. The van der Waals surface area contributed by atoms with E-state index in [2.05, 4.69) is 9.88 Å². The molecular weight excluding hydrogens is 478 g/mol. The van der Waals surface area contributed by atoms with Gasteiger partial charge >= 0.3 is 6.09 Å². The van der Waals surface area contributed by atoms with Gasteiger partial charge in [-0.2, -0.15) is 0 Å². The van der Waals surface area contributed by atoms with Crippen molar-refractivity contribution >= 4 is 45.9 Å². The summed E-state index contributed by atoms with van der Waals surface area (Å²) in [6.45, 7) is 8.17. The summed E-state index contributed by atoms with van der Waals surface area (Å²) >= 11 is 9.38. The second kappa shape index (κ2) is 9.87. The quantitative estimate of drug-likeness (QED) is 0.334. The Hall–Kier alpha value is -2.36. The third-order valence-electron chi connectivity index (χ3n) is 4.96. The first kappa shape index (κ1) is 23.8. The summed E-state index contributed by atoms with van der Waals surface area (Å²) in [6.07, 6.45) is 3.46. The number of anilines is 1. The molecule has 10 heteroatoms. The topological polar surface area (TPSA) is 71.5 Å². The molecule has 1 aromatic carbocycles. The second-order valence-corrected chi connectivity index (χ2v) is 10.8. The molecule has 7 nitrogen and oxygen atoms in total. The molecular formula is C23H26ClN5O2S2. The van der Waals surface area contributed by atoms with E-state index in [1.165, 1.54) is 11.8 Å². The Morgan fingerprint density at radius 2 is 1.91 bits per heavy atom. The predicted molar refractivity (Wildman–Crippen MR) is 135 cm³/mol. The van der Waals surface area contributed by atoms with Crippen molar-refractivity contribution in [3.8, 4) is 21.8 Å². The SMILES string of the molecule is CSc1nccc(-c2sc(N3CCN(C(=O)OC(C)(C)C)CC3)nc2-c2cccc(Cl)c2)n1. The highest BCUT2D eigenvalue weighted by Gasteiger charge is 2.28. The molecule has 0 N–H and O–H groups in total. The molecule has 3 aromatic rings. The van der Waals surface area contributed by atoms with Gasteiger partial charge in [-0.05, 0) is 45.2 Å². The number of nitrogens with zero attached hydrogens (tertiary/aromatic N) is 5. The van der Waals surface area contributed by atoms with E-state index < -0.39 is 5.60 Å². The number of hydrogen-bond donors (Lipinski definition) is 0. The molecule has 3 heterocycles. The Morgan fingerprint density at radius 3 is 2.58 bits per heavy atom. The van der Waals surface area contributed by atoms with Gasteiger partial charge < -0.3 is 14.5 Å². The van der Waals surface area contributed by atoms with Crippen molar-refractivity contribution in [3.05, 3.63) is 41.6 Å². The lowest BCUT2D eigenvalue weighted by atomic mass is 10.1. The average molecular weight is 504 g/mol. The molecule has 0 saturated carbocycles. The monoisotopic (exact) mass is 503 g/mol. The van der Waals surface area contributed by atoms with Gasteiger partial charge in [-0.3, -0.25) is 0 Å². The minimum Gasteiger partial charge on any atom is -0.444 e. The van der Waals surface area contributed by atoms with Crippen molar-refractivity contribution in [2.24, 2.45) is 0 Å². The first-order valence-corrected chi connectivity index (χ1v) is 13.0. The van der Waals surface area contributed by atoms with Crippen LogP contribution in [0.4, 0.5) is 9.93 Å². The van der Waals surface area contributed by atoms with Gasteiger partial charge in [-0.1, -0.05) is 46.8 Å². The molecule has 0 aliphatic carbocycles. The van der Waals surface area contributed by atoms with Gasteiger partial charge in [0.1, 0.15) is 5.60 Å². The van der Waals surface area contributed by atoms with Crippen molar-refractivity contribution in [2.45, 2.75) is 31.5 Å². The number of hydrogen-bond acceptors (Lipinski definition) is 8. The van der Waals surface area contributed by atoms with Crippen molar-refractivity contribution in [1.82, 2.24) is 19.9 Å². The van der Waals surface area contributed by atoms with Crippen LogP contribution >= 0.6 is 34.7 Å². The fourth-order valence-electron chi connectivity index (χ4n) is 3.42. The van der Waals surface area contributed by atoms with Crippen LogP contribution in [0.2, 0.25) is 5.02 Å². The molecule has 174 valence electrons. The number of carbonyl (C=O) groups excluding carboxylic acids is 1. The van der Waals surface area contributed by atoms with Gasteiger partial charge in [0.25, 0.3) is 0 Å². The van der Waals surface area contributed by atoms with Gasteiger partial charge in [-0.15, -0.1) is 0 Å². The number of amides is 1. The van der Waals surface area contributed by atoms with E-state index in [1.54, 1.807) is 22.4 Å². The first-order chi connectivity index (χ1) is 15.7. The summed E-state index contributed by atoms with van der Waals surface area (Å²) in [5, 5.41) is 2.27. The number of halogens is 1. The summed E-state index contributed by atoms with van der Waals surface area (Å²) in [6, 6.07) is 9.61. The first-order valence-electron chi connectivity index (χ1n) is 10.6.